The molecule has 2 aromatic rings. The molecule has 3 rings (SSSR count). The van der Waals surface area contributed by atoms with E-state index in [1.54, 1.807) is 42.0 Å². The second-order valence-corrected chi connectivity index (χ2v) is 11.9. The summed E-state index contributed by atoms with van der Waals surface area (Å²) in [6.07, 6.45) is 1.89. The Morgan fingerprint density at radius 1 is 1.05 bits per heavy atom. The number of benzene rings is 2. The Morgan fingerprint density at radius 2 is 1.77 bits per heavy atom. The molecule has 1 heterocycles. The summed E-state index contributed by atoms with van der Waals surface area (Å²) in [7, 11) is 1.72. The van der Waals surface area contributed by atoms with Crippen LogP contribution in [0.1, 0.15) is 64.2 Å². The van der Waals surface area contributed by atoms with Gasteiger partial charge in [0, 0.05) is 50.1 Å². The van der Waals surface area contributed by atoms with Crippen molar-refractivity contribution in [2.24, 2.45) is 5.92 Å². The Bertz CT molecular complexity index is 1230. The van der Waals surface area contributed by atoms with Crippen molar-refractivity contribution in [3.63, 3.8) is 0 Å². The van der Waals surface area contributed by atoms with Gasteiger partial charge < -0.3 is 40.3 Å². The molecule has 0 radical (unpaired) electrons. The van der Waals surface area contributed by atoms with Gasteiger partial charge in [0.15, 0.2) is 0 Å². The fourth-order valence-electron chi connectivity index (χ4n) is 4.99. The molecule has 0 spiro atoms. The van der Waals surface area contributed by atoms with Gasteiger partial charge in [-0.2, -0.15) is 0 Å². The second-order valence-electron chi connectivity index (χ2n) is 11.9. The van der Waals surface area contributed by atoms with Gasteiger partial charge in [-0.25, -0.2) is 9.59 Å². The molecule has 5 amide bonds. The second kappa shape index (κ2) is 16.9. The van der Waals surface area contributed by atoms with Gasteiger partial charge in [-0.05, 0) is 77.3 Å². The number of carbonyl (C=O) groups is 3. The number of aliphatic hydroxyl groups excluding tert-OH is 1. The van der Waals surface area contributed by atoms with Crippen molar-refractivity contribution in [1.29, 1.82) is 0 Å². The molecule has 4 N–H and O–H groups in total. The zero-order chi connectivity index (χ0) is 32.2. The highest BCUT2D eigenvalue weighted by Gasteiger charge is 2.31. The molecule has 1 aliphatic heterocycles. The third-order valence-corrected chi connectivity index (χ3v) is 7.55. The summed E-state index contributed by atoms with van der Waals surface area (Å²) in [5.41, 5.74) is 1.44. The van der Waals surface area contributed by atoms with Crippen LogP contribution in [0.4, 0.5) is 21.0 Å². The van der Waals surface area contributed by atoms with Crippen LogP contribution in [0.25, 0.3) is 0 Å². The highest BCUT2D eigenvalue weighted by molar-refractivity contribution is 5.99. The van der Waals surface area contributed by atoms with Crippen molar-refractivity contribution in [2.45, 2.75) is 78.2 Å². The number of urea groups is 2. The first-order valence-electron chi connectivity index (χ1n) is 15.5. The van der Waals surface area contributed by atoms with Crippen LogP contribution in [0, 0.1) is 5.92 Å². The number of para-hydroxylation sites is 1. The van der Waals surface area contributed by atoms with Crippen LogP contribution in [0.15, 0.2) is 48.5 Å². The summed E-state index contributed by atoms with van der Waals surface area (Å²) < 4.78 is 12.6. The molecule has 0 aliphatic carbocycles. The minimum absolute atomic E-state index is 0.0564. The van der Waals surface area contributed by atoms with Gasteiger partial charge in [0.1, 0.15) is 5.75 Å². The van der Waals surface area contributed by atoms with Crippen molar-refractivity contribution >= 4 is 29.3 Å². The monoisotopic (exact) mass is 611 g/mol. The van der Waals surface area contributed by atoms with E-state index in [0.717, 1.165) is 19.3 Å². The molecule has 0 aromatic heterocycles. The number of anilines is 2. The number of nitrogens with one attached hydrogen (secondary N) is 3. The Hall–Kier alpha value is -3.83. The van der Waals surface area contributed by atoms with Gasteiger partial charge in [0.25, 0.3) is 5.91 Å². The van der Waals surface area contributed by atoms with E-state index < -0.39 is 6.04 Å². The Labute approximate surface area is 261 Å². The lowest BCUT2D eigenvalue weighted by atomic mass is 10.0. The van der Waals surface area contributed by atoms with Gasteiger partial charge in [-0.3, -0.25) is 4.79 Å². The number of hydrogen-bond donors (Lipinski definition) is 4. The SMILES string of the molecule is CC(C)NC(=O)Nc1ccc2c(c1)C(=O)N([C@@H](C)CO)C[C@@H](C)[C@@H](CN(C)C(=O)Nc1ccccc1)OCCCC[C@H](C)O2. The number of likely N-dealkylation sites (N-methyl/N-ethyl adjacent to an activating group) is 1. The van der Waals surface area contributed by atoms with E-state index in [-0.39, 0.29) is 55.3 Å². The van der Waals surface area contributed by atoms with E-state index in [1.807, 2.05) is 58.0 Å². The maximum absolute atomic E-state index is 14.2. The number of hydrogen-bond acceptors (Lipinski definition) is 6. The number of ether oxygens (including phenoxy) is 2. The van der Waals surface area contributed by atoms with Crippen LogP contribution < -0.4 is 20.7 Å². The summed E-state index contributed by atoms with van der Waals surface area (Å²) >= 11 is 0. The van der Waals surface area contributed by atoms with Crippen LogP contribution in [0.2, 0.25) is 0 Å². The average molecular weight is 612 g/mol. The smallest absolute Gasteiger partial charge is 0.321 e. The molecule has 0 fully saturated rings. The predicted octanol–water partition coefficient (Wildman–Crippen LogP) is 5.18. The third kappa shape index (κ3) is 10.4. The van der Waals surface area contributed by atoms with Crippen molar-refractivity contribution in [3.8, 4) is 5.75 Å². The lowest BCUT2D eigenvalue weighted by molar-refractivity contribution is -0.0115. The van der Waals surface area contributed by atoms with E-state index >= 15 is 0 Å². The van der Waals surface area contributed by atoms with E-state index in [9.17, 15) is 19.5 Å². The summed E-state index contributed by atoms with van der Waals surface area (Å²) in [5, 5.41) is 18.6. The standard InChI is InChI=1S/C33H49N5O6/c1-22(2)34-32(41)35-27-15-16-29-28(18-27)31(40)38(24(4)21-39)19-23(3)30(43-17-11-10-12-25(5)44-29)20-37(6)33(42)36-26-13-8-7-9-14-26/h7-9,13-16,18,22-25,30,39H,10-12,17,19-21H2,1-6H3,(H,36,42)(H2,34,35,41)/t23-,24+,25+,30-/m1/s1. The summed E-state index contributed by atoms with van der Waals surface area (Å²) in [4.78, 5) is 42.8. The van der Waals surface area contributed by atoms with E-state index in [0.29, 0.717) is 35.8 Å². The summed E-state index contributed by atoms with van der Waals surface area (Å²) in [5.74, 6) is -0.105. The third-order valence-electron chi connectivity index (χ3n) is 7.55. The molecular formula is C33H49N5O6. The van der Waals surface area contributed by atoms with Crippen LogP contribution in [-0.2, 0) is 4.74 Å². The first kappa shape index (κ1) is 34.7. The fraction of sp³-hybridized carbons (Fsp3) is 0.545. The summed E-state index contributed by atoms with van der Waals surface area (Å²) in [6.45, 7) is 10.3. The van der Waals surface area contributed by atoms with Gasteiger partial charge in [-0.15, -0.1) is 0 Å². The molecular weight excluding hydrogens is 562 g/mol. The molecule has 0 saturated carbocycles. The summed E-state index contributed by atoms with van der Waals surface area (Å²) in [6, 6.07) is 13.1. The van der Waals surface area contributed by atoms with Gasteiger partial charge in [-0.1, -0.05) is 25.1 Å². The highest BCUT2D eigenvalue weighted by atomic mass is 16.5. The molecule has 44 heavy (non-hydrogen) atoms. The molecule has 4 atom stereocenters. The van der Waals surface area contributed by atoms with Gasteiger partial charge in [0.2, 0.25) is 0 Å². The van der Waals surface area contributed by atoms with Crippen LogP contribution >= 0.6 is 0 Å². The maximum atomic E-state index is 14.2. The van der Waals surface area contributed by atoms with Crippen molar-refractivity contribution < 1.29 is 29.0 Å². The van der Waals surface area contributed by atoms with Crippen molar-refractivity contribution in [2.75, 3.05) is 44.0 Å². The van der Waals surface area contributed by atoms with Gasteiger partial charge in [0.05, 0.1) is 30.4 Å². The lowest BCUT2D eigenvalue weighted by Crippen LogP contribution is -2.48. The average Bonchev–Trinajstić information content (AvgIpc) is 2.98. The molecule has 11 nitrogen and oxygen atoms in total. The Balaban J connectivity index is 1.89. The van der Waals surface area contributed by atoms with Crippen LogP contribution in [0.5, 0.6) is 5.75 Å². The van der Waals surface area contributed by atoms with Crippen LogP contribution in [-0.4, -0.2) is 90.5 Å². The normalized spacial score (nSPS) is 20.5. The quantitative estimate of drug-likeness (QED) is 0.341. The van der Waals surface area contributed by atoms with E-state index in [1.165, 1.54) is 0 Å². The molecule has 0 saturated heterocycles. The van der Waals surface area contributed by atoms with E-state index in [2.05, 4.69) is 16.0 Å². The number of nitrogens with zero attached hydrogens (tertiary/aromatic N) is 2. The zero-order valence-electron chi connectivity index (χ0n) is 26.8. The minimum atomic E-state index is -0.510. The lowest BCUT2D eigenvalue weighted by Gasteiger charge is -2.35. The first-order chi connectivity index (χ1) is 21.0. The molecule has 0 bridgehead atoms. The topological polar surface area (TPSA) is 132 Å². The minimum Gasteiger partial charge on any atom is -0.490 e. The molecule has 11 heteroatoms. The zero-order valence-corrected chi connectivity index (χ0v) is 26.8. The number of amides is 5. The number of rotatable bonds is 7. The molecule has 2 aromatic carbocycles. The molecule has 242 valence electrons. The maximum Gasteiger partial charge on any atom is 0.321 e. The number of fused-ring (bicyclic) bond motifs is 1. The molecule has 1 aliphatic rings. The largest absolute Gasteiger partial charge is 0.490 e. The predicted molar refractivity (Wildman–Crippen MR) is 172 cm³/mol. The fourth-order valence-corrected chi connectivity index (χ4v) is 4.99. The Kier molecular flexibility index (Phi) is 13.3. The van der Waals surface area contributed by atoms with Crippen molar-refractivity contribution in [3.05, 3.63) is 54.1 Å². The first-order valence-corrected chi connectivity index (χ1v) is 15.5. The molecule has 0 unspecified atom stereocenters. The Morgan fingerprint density at radius 3 is 2.45 bits per heavy atom. The van der Waals surface area contributed by atoms with Gasteiger partial charge >= 0.3 is 12.1 Å². The number of carbonyl (C=O) groups excluding carboxylic acids is 3. The number of aliphatic hydroxyl groups is 1. The van der Waals surface area contributed by atoms with Crippen LogP contribution in [0.3, 0.4) is 0 Å². The van der Waals surface area contributed by atoms with Crippen molar-refractivity contribution in [1.82, 2.24) is 15.1 Å². The highest BCUT2D eigenvalue weighted by Crippen LogP contribution is 2.28. The van der Waals surface area contributed by atoms with E-state index in [4.69, 9.17) is 9.47 Å².